The lowest BCUT2D eigenvalue weighted by Crippen LogP contribution is -1.95. The van der Waals surface area contributed by atoms with Gasteiger partial charge >= 0.3 is 0 Å². The minimum absolute atomic E-state index is 0.833. The van der Waals surface area contributed by atoms with Gasteiger partial charge < -0.3 is 4.74 Å². The maximum atomic E-state index is 5.18. The van der Waals surface area contributed by atoms with Crippen molar-refractivity contribution in [3.8, 4) is 11.4 Å². The highest BCUT2D eigenvalue weighted by atomic mass is 79.9. The van der Waals surface area contributed by atoms with Crippen LogP contribution < -0.4 is 4.74 Å². The Morgan fingerprint density at radius 2 is 2.00 bits per heavy atom. The third-order valence-electron chi connectivity index (χ3n) is 3.12. The number of hydrogen-bond acceptors (Lipinski definition) is 4. The van der Waals surface area contributed by atoms with Gasteiger partial charge in [-0.2, -0.15) is 0 Å². The van der Waals surface area contributed by atoms with E-state index in [1.54, 1.807) is 25.2 Å². The molecule has 0 atom stereocenters. The third-order valence-corrected chi connectivity index (χ3v) is 4.63. The van der Waals surface area contributed by atoms with Crippen LogP contribution in [0.1, 0.15) is 5.56 Å². The molecule has 0 saturated heterocycles. The Morgan fingerprint density at radius 3 is 2.73 bits per heavy atom. The SMILES string of the molecule is COc1ccc(-n2cnnc2SCc2cccc(Br)c2)cc1. The van der Waals surface area contributed by atoms with E-state index in [1.807, 2.05) is 41.0 Å². The van der Waals surface area contributed by atoms with Crippen molar-refractivity contribution in [2.45, 2.75) is 10.9 Å². The van der Waals surface area contributed by atoms with Gasteiger partial charge in [-0.15, -0.1) is 10.2 Å². The lowest BCUT2D eigenvalue weighted by Gasteiger charge is -2.07. The molecule has 0 radical (unpaired) electrons. The van der Waals surface area contributed by atoms with Crippen LogP contribution in [0.25, 0.3) is 5.69 Å². The van der Waals surface area contributed by atoms with Crippen molar-refractivity contribution in [1.82, 2.24) is 14.8 Å². The van der Waals surface area contributed by atoms with Crippen molar-refractivity contribution in [2.24, 2.45) is 0 Å². The molecule has 6 heteroatoms. The maximum Gasteiger partial charge on any atom is 0.195 e. The Morgan fingerprint density at radius 1 is 1.18 bits per heavy atom. The fraction of sp³-hybridized carbons (Fsp3) is 0.125. The smallest absolute Gasteiger partial charge is 0.195 e. The molecule has 3 rings (SSSR count). The summed E-state index contributed by atoms with van der Waals surface area (Å²) in [5.41, 5.74) is 2.26. The zero-order valence-electron chi connectivity index (χ0n) is 11.9. The highest BCUT2D eigenvalue weighted by molar-refractivity contribution is 9.10. The molecular formula is C16H14BrN3OS. The number of benzene rings is 2. The first-order valence-electron chi connectivity index (χ1n) is 6.68. The summed E-state index contributed by atoms with van der Waals surface area (Å²) >= 11 is 5.15. The summed E-state index contributed by atoms with van der Waals surface area (Å²) in [6.07, 6.45) is 1.73. The molecule has 0 fully saturated rings. The molecule has 4 nitrogen and oxygen atoms in total. The molecule has 0 amide bonds. The lowest BCUT2D eigenvalue weighted by molar-refractivity contribution is 0.414. The summed E-state index contributed by atoms with van der Waals surface area (Å²) in [4.78, 5) is 0. The summed E-state index contributed by atoms with van der Waals surface area (Å²) in [7, 11) is 1.66. The van der Waals surface area contributed by atoms with Crippen LogP contribution in [0.15, 0.2) is 64.5 Å². The summed E-state index contributed by atoms with van der Waals surface area (Å²) in [5.74, 6) is 1.68. The Balaban J connectivity index is 1.76. The van der Waals surface area contributed by atoms with E-state index in [0.29, 0.717) is 0 Å². The van der Waals surface area contributed by atoms with Crippen LogP contribution in [0.4, 0.5) is 0 Å². The highest BCUT2D eigenvalue weighted by Gasteiger charge is 2.08. The number of nitrogens with zero attached hydrogens (tertiary/aromatic N) is 3. The van der Waals surface area contributed by atoms with E-state index in [9.17, 15) is 0 Å². The molecule has 112 valence electrons. The van der Waals surface area contributed by atoms with Gasteiger partial charge in [0.25, 0.3) is 0 Å². The Bertz CT molecular complexity index is 758. The molecule has 0 aliphatic carbocycles. The first-order valence-corrected chi connectivity index (χ1v) is 8.46. The molecule has 0 unspecified atom stereocenters. The van der Waals surface area contributed by atoms with Crippen LogP contribution in [0.5, 0.6) is 5.75 Å². The van der Waals surface area contributed by atoms with Gasteiger partial charge in [-0.25, -0.2) is 0 Å². The van der Waals surface area contributed by atoms with E-state index in [0.717, 1.165) is 26.8 Å². The zero-order chi connectivity index (χ0) is 15.4. The fourth-order valence-electron chi connectivity index (χ4n) is 2.02. The molecule has 3 aromatic rings. The summed E-state index contributed by atoms with van der Waals surface area (Å²) in [6.45, 7) is 0. The van der Waals surface area contributed by atoms with Gasteiger partial charge in [-0.3, -0.25) is 4.57 Å². The van der Waals surface area contributed by atoms with Crippen LogP contribution in [-0.4, -0.2) is 21.9 Å². The van der Waals surface area contributed by atoms with Gasteiger partial charge in [0.1, 0.15) is 12.1 Å². The van der Waals surface area contributed by atoms with Crippen molar-refractivity contribution in [2.75, 3.05) is 7.11 Å². The van der Waals surface area contributed by atoms with E-state index in [2.05, 4.69) is 38.3 Å². The van der Waals surface area contributed by atoms with Crippen LogP contribution in [0, 0.1) is 0 Å². The number of hydrogen-bond donors (Lipinski definition) is 0. The minimum Gasteiger partial charge on any atom is -0.497 e. The summed E-state index contributed by atoms with van der Waals surface area (Å²) in [6, 6.07) is 16.1. The average Bonchev–Trinajstić information content (AvgIpc) is 3.01. The molecule has 1 aromatic heterocycles. The highest BCUT2D eigenvalue weighted by Crippen LogP contribution is 2.25. The van der Waals surface area contributed by atoms with Crippen molar-refractivity contribution in [1.29, 1.82) is 0 Å². The predicted octanol–water partition coefficient (Wildman–Crippen LogP) is 4.33. The van der Waals surface area contributed by atoms with E-state index in [-0.39, 0.29) is 0 Å². The number of aromatic nitrogens is 3. The zero-order valence-corrected chi connectivity index (χ0v) is 14.3. The van der Waals surface area contributed by atoms with Crippen molar-refractivity contribution >= 4 is 27.7 Å². The number of rotatable bonds is 5. The largest absolute Gasteiger partial charge is 0.497 e. The number of methoxy groups -OCH3 is 1. The molecule has 0 aliphatic heterocycles. The van der Waals surface area contributed by atoms with Crippen molar-refractivity contribution in [3.63, 3.8) is 0 Å². The summed E-state index contributed by atoms with van der Waals surface area (Å²) in [5, 5.41) is 9.09. The van der Waals surface area contributed by atoms with E-state index in [1.165, 1.54) is 5.56 Å². The number of thioether (sulfide) groups is 1. The molecular weight excluding hydrogens is 362 g/mol. The molecule has 0 bridgehead atoms. The molecule has 22 heavy (non-hydrogen) atoms. The van der Waals surface area contributed by atoms with Gasteiger partial charge in [0.15, 0.2) is 5.16 Å². The monoisotopic (exact) mass is 375 g/mol. The van der Waals surface area contributed by atoms with E-state index < -0.39 is 0 Å². The minimum atomic E-state index is 0.833. The second-order valence-corrected chi connectivity index (χ2v) is 6.46. The lowest BCUT2D eigenvalue weighted by atomic mass is 10.2. The van der Waals surface area contributed by atoms with Gasteiger partial charge in [0, 0.05) is 15.9 Å². The first-order chi connectivity index (χ1) is 10.8. The fourth-order valence-corrected chi connectivity index (χ4v) is 3.34. The molecule has 0 aliphatic rings. The second kappa shape index (κ2) is 6.98. The second-order valence-electron chi connectivity index (χ2n) is 4.60. The molecule has 2 aromatic carbocycles. The maximum absolute atomic E-state index is 5.18. The van der Waals surface area contributed by atoms with Crippen molar-refractivity contribution < 1.29 is 4.74 Å². The standard InChI is InChI=1S/C16H14BrN3OS/c1-21-15-7-5-14(6-8-15)20-11-18-19-16(20)22-10-12-3-2-4-13(17)9-12/h2-9,11H,10H2,1H3. The van der Waals surface area contributed by atoms with Gasteiger partial charge in [-0.1, -0.05) is 39.8 Å². The molecule has 0 spiro atoms. The Labute approximate surface area is 141 Å². The Kier molecular flexibility index (Phi) is 4.80. The van der Waals surface area contributed by atoms with Crippen LogP contribution in [0.2, 0.25) is 0 Å². The van der Waals surface area contributed by atoms with Gasteiger partial charge in [0.2, 0.25) is 0 Å². The van der Waals surface area contributed by atoms with E-state index >= 15 is 0 Å². The average molecular weight is 376 g/mol. The molecule has 0 saturated carbocycles. The van der Waals surface area contributed by atoms with Crippen LogP contribution in [-0.2, 0) is 5.75 Å². The third kappa shape index (κ3) is 3.51. The normalized spacial score (nSPS) is 10.6. The predicted molar refractivity (Wildman–Crippen MR) is 91.6 cm³/mol. The summed E-state index contributed by atoms with van der Waals surface area (Å²) < 4.78 is 8.24. The van der Waals surface area contributed by atoms with Gasteiger partial charge in [0.05, 0.1) is 7.11 Å². The quantitative estimate of drug-likeness (QED) is 0.622. The van der Waals surface area contributed by atoms with Gasteiger partial charge in [-0.05, 0) is 42.0 Å². The first kappa shape index (κ1) is 15.1. The van der Waals surface area contributed by atoms with E-state index in [4.69, 9.17) is 4.74 Å². The molecule has 1 heterocycles. The van der Waals surface area contributed by atoms with Crippen LogP contribution in [0.3, 0.4) is 0 Å². The Hall–Kier alpha value is -1.79. The van der Waals surface area contributed by atoms with Crippen LogP contribution >= 0.6 is 27.7 Å². The number of ether oxygens (including phenoxy) is 1. The van der Waals surface area contributed by atoms with Crippen molar-refractivity contribution in [3.05, 3.63) is 64.9 Å². The molecule has 0 N–H and O–H groups in total. The number of halogens is 1. The topological polar surface area (TPSA) is 39.9 Å².